The van der Waals surface area contributed by atoms with E-state index in [0.29, 0.717) is 6.17 Å². The highest BCUT2D eigenvalue weighted by molar-refractivity contribution is 5.60. The van der Waals surface area contributed by atoms with Crippen LogP contribution >= 0.6 is 0 Å². The molecule has 7 heavy (non-hydrogen) atoms. The van der Waals surface area contributed by atoms with Gasteiger partial charge in [-0.25, -0.2) is 0 Å². The Morgan fingerprint density at radius 3 is 2.71 bits per heavy atom. The average Bonchev–Trinajstić information content (AvgIpc) is 1.55. The van der Waals surface area contributed by atoms with Gasteiger partial charge >= 0.3 is 0 Å². The smallest absolute Gasteiger partial charge is 0.122 e. The summed E-state index contributed by atoms with van der Waals surface area (Å²) >= 11 is 0. The molecule has 0 aromatic rings. The van der Waals surface area contributed by atoms with Gasteiger partial charge in [0.1, 0.15) is 6.17 Å². The molecular weight excluding hydrogens is 90.1 g/mol. The van der Waals surface area contributed by atoms with E-state index in [1.807, 2.05) is 0 Å². The van der Waals surface area contributed by atoms with Crippen molar-refractivity contribution in [3.8, 4) is 0 Å². The Morgan fingerprint density at radius 2 is 2.57 bits per heavy atom. The van der Waals surface area contributed by atoms with Crippen molar-refractivity contribution < 1.29 is 0 Å². The highest BCUT2D eigenvalue weighted by Crippen LogP contribution is 1.94. The van der Waals surface area contributed by atoms with E-state index in [2.05, 4.69) is 10.3 Å². The zero-order valence-corrected chi connectivity index (χ0v) is 4.09. The molecule has 0 saturated carbocycles. The molecule has 0 aromatic heterocycles. The molecule has 3 N–H and O–H groups in total. The van der Waals surface area contributed by atoms with Crippen LogP contribution in [-0.4, -0.2) is 19.0 Å². The molecule has 0 fully saturated rings. The minimum Gasteiger partial charge on any atom is -0.355 e. The van der Waals surface area contributed by atoms with Crippen molar-refractivity contribution in [2.45, 2.75) is 12.6 Å². The van der Waals surface area contributed by atoms with Gasteiger partial charge in [-0.05, 0) is 6.54 Å². The molecular formula is C4H9N3. The molecule has 1 atom stereocenters. The Balaban J connectivity index is 2.06. The zero-order valence-electron chi connectivity index (χ0n) is 4.09. The summed E-state index contributed by atoms with van der Waals surface area (Å²) in [6.45, 7) is 0.717. The van der Waals surface area contributed by atoms with E-state index in [0.717, 1.165) is 13.0 Å². The monoisotopic (exact) mass is 99.1 g/mol. The summed E-state index contributed by atoms with van der Waals surface area (Å²) in [6, 6.07) is 0. The minimum absolute atomic E-state index is 0.324. The molecule has 1 rings (SSSR count). The van der Waals surface area contributed by atoms with E-state index in [1.165, 1.54) is 0 Å². The standard InChI is InChI=1S/C4H9N3/c5-2-1-4-6-3-7-4/h3-4H,1-2,5H2,(H,6,7). The van der Waals surface area contributed by atoms with Gasteiger partial charge in [0, 0.05) is 6.42 Å². The molecule has 0 amide bonds. The first kappa shape index (κ1) is 4.59. The predicted octanol–water partition coefficient (Wildman–Crippen LogP) is -0.707. The second-order valence-corrected chi connectivity index (χ2v) is 1.54. The molecule has 0 aromatic carbocycles. The van der Waals surface area contributed by atoms with E-state index in [4.69, 9.17) is 5.73 Å². The molecule has 0 spiro atoms. The van der Waals surface area contributed by atoms with Crippen LogP contribution in [0.5, 0.6) is 0 Å². The lowest BCUT2D eigenvalue weighted by atomic mass is 10.3. The van der Waals surface area contributed by atoms with E-state index >= 15 is 0 Å². The predicted molar refractivity (Wildman–Crippen MR) is 29.1 cm³/mol. The summed E-state index contributed by atoms with van der Waals surface area (Å²) in [5.41, 5.74) is 5.22. The number of hydrogen-bond donors (Lipinski definition) is 2. The number of nitrogens with zero attached hydrogens (tertiary/aromatic N) is 1. The SMILES string of the molecule is NCCC1N=CN1. The molecule has 40 valence electrons. The molecule has 0 radical (unpaired) electrons. The number of nitrogens with two attached hydrogens (primary N) is 1. The normalized spacial score (nSPS) is 26.1. The van der Waals surface area contributed by atoms with Crippen molar-refractivity contribution in [1.29, 1.82) is 0 Å². The van der Waals surface area contributed by atoms with Gasteiger partial charge in [-0.3, -0.25) is 4.99 Å². The summed E-state index contributed by atoms with van der Waals surface area (Å²) in [7, 11) is 0. The van der Waals surface area contributed by atoms with Crippen molar-refractivity contribution in [2.75, 3.05) is 6.54 Å². The van der Waals surface area contributed by atoms with Crippen LogP contribution in [0.3, 0.4) is 0 Å². The first-order valence-electron chi connectivity index (χ1n) is 2.41. The van der Waals surface area contributed by atoms with Crippen LogP contribution in [-0.2, 0) is 0 Å². The lowest BCUT2D eigenvalue weighted by Crippen LogP contribution is -2.36. The van der Waals surface area contributed by atoms with Crippen LogP contribution in [0.15, 0.2) is 4.99 Å². The van der Waals surface area contributed by atoms with Crippen LogP contribution in [0.4, 0.5) is 0 Å². The molecule has 3 nitrogen and oxygen atoms in total. The molecule has 0 bridgehead atoms. The van der Waals surface area contributed by atoms with Gasteiger partial charge in [0.05, 0.1) is 6.34 Å². The highest BCUT2D eigenvalue weighted by Gasteiger charge is 2.06. The topological polar surface area (TPSA) is 50.4 Å². The van der Waals surface area contributed by atoms with Crippen LogP contribution in [0.1, 0.15) is 6.42 Å². The summed E-state index contributed by atoms with van der Waals surface area (Å²) in [5.74, 6) is 0. The average molecular weight is 99.1 g/mol. The molecule has 0 aliphatic carbocycles. The third-order valence-corrected chi connectivity index (χ3v) is 0.962. The van der Waals surface area contributed by atoms with Gasteiger partial charge < -0.3 is 11.1 Å². The van der Waals surface area contributed by atoms with Crippen LogP contribution < -0.4 is 11.1 Å². The summed E-state index contributed by atoms with van der Waals surface area (Å²) < 4.78 is 0. The number of rotatable bonds is 2. The Labute approximate surface area is 42.6 Å². The van der Waals surface area contributed by atoms with Crippen molar-refractivity contribution in [1.82, 2.24) is 5.32 Å². The third-order valence-electron chi connectivity index (χ3n) is 0.962. The van der Waals surface area contributed by atoms with Gasteiger partial charge in [-0.15, -0.1) is 0 Å². The molecule has 1 aliphatic rings. The molecule has 3 heteroatoms. The van der Waals surface area contributed by atoms with Crippen molar-refractivity contribution in [3.63, 3.8) is 0 Å². The van der Waals surface area contributed by atoms with Gasteiger partial charge in [-0.2, -0.15) is 0 Å². The second-order valence-electron chi connectivity index (χ2n) is 1.54. The molecule has 1 aliphatic heterocycles. The Bertz CT molecular complexity index is 79.0. The first-order chi connectivity index (χ1) is 3.43. The molecule has 1 heterocycles. The Morgan fingerprint density at radius 1 is 1.86 bits per heavy atom. The van der Waals surface area contributed by atoms with Crippen molar-refractivity contribution in [2.24, 2.45) is 10.7 Å². The summed E-state index contributed by atoms with van der Waals surface area (Å²) in [6.07, 6.45) is 2.97. The summed E-state index contributed by atoms with van der Waals surface area (Å²) in [5, 5.41) is 2.97. The third kappa shape index (κ3) is 0.899. The van der Waals surface area contributed by atoms with Crippen molar-refractivity contribution >= 4 is 6.34 Å². The fraction of sp³-hybridized carbons (Fsp3) is 0.750. The van der Waals surface area contributed by atoms with Crippen molar-refractivity contribution in [3.05, 3.63) is 0 Å². The fourth-order valence-electron chi connectivity index (χ4n) is 0.496. The largest absolute Gasteiger partial charge is 0.355 e. The van der Waals surface area contributed by atoms with E-state index in [-0.39, 0.29) is 0 Å². The van der Waals surface area contributed by atoms with E-state index < -0.39 is 0 Å². The number of aliphatic imine (C=N–C) groups is 1. The fourth-order valence-corrected chi connectivity index (χ4v) is 0.496. The first-order valence-corrected chi connectivity index (χ1v) is 2.41. The lowest BCUT2D eigenvalue weighted by molar-refractivity contribution is 0.554. The van der Waals surface area contributed by atoms with E-state index in [9.17, 15) is 0 Å². The summed E-state index contributed by atoms with van der Waals surface area (Å²) in [4.78, 5) is 3.94. The lowest BCUT2D eigenvalue weighted by Gasteiger charge is -2.17. The van der Waals surface area contributed by atoms with Crippen LogP contribution in [0, 0.1) is 0 Å². The Hall–Kier alpha value is -0.570. The maximum atomic E-state index is 5.22. The second kappa shape index (κ2) is 1.93. The highest BCUT2D eigenvalue weighted by atomic mass is 15.2. The van der Waals surface area contributed by atoms with Gasteiger partial charge in [0.2, 0.25) is 0 Å². The molecule has 0 saturated heterocycles. The maximum absolute atomic E-state index is 5.22. The van der Waals surface area contributed by atoms with Gasteiger partial charge in [-0.1, -0.05) is 0 Å². The zero-order chi connectivity index (χ0) is 5.11. The number of nitrogens with one attached hydrogen (secondary N) is 1. The Kier molecular flexibility index (Phi) is 1.26. The van der Waals surface area contributed by atoms with E-state index in [1.54, 1.807) is 6.34 Å². The van der Waals surface area contributed by atoms with Gasteiger partial charge in [0.25, 0.3) is 0 Å². The molecule has 1 unspecified atom stereocenters. The van der Waals surface area contributed by atoms with Crippen LogP contribution in [0.25, 0.3) is 0 Å². The minimum atomic E-state index is 0.324. The van der Waals surface area contributed by atoms with Gasteiger partial charge in [0.15, 0.2) is 0 Å². The maximum Gasteiger partial charge on any atom is 0.122 e. The van der Waals surface area contributed by atoms with Crippen LogP contribution in [0.2, 0.25) is 0 Å². The quantitative estimate of drug-likeness (QED) is 0.480. The number of hydrogen-bond acceptors (Lipinski definition) is 3.